The molecule has 5 aromatic rings. The van der Waals surface area contributed by atoms with Gasteiger partial charge in [-0.3, -0.25) is 34.0 Å². The van der Waals surface area contributed by atoms with E-state index in [1.165, 1.54) is 13.2 Å². The molecule has 3 fully saturated rings. The van der Waals surface area contributed by atoms with Crippen LogP contribution in [0.3, 0.4) is 0 Å². The quantitative estimate of drug-likeness (QED) is 0.0728. The lowest BCUT2D eigenvalue weighted by molar-refractivity contribution is -0.139. The van der Waals surface area contributed by atoms with Gasteiger partial charge in [0.1, 0.15) is 17.4 Å². The molecule has 67 heavy (non-hydrogen) atoms. The molecule has 3 aliphatic heterocycles. The van der Waals surface area contributed by atoms with E-state index in [0.717, 1.165) is 64.4 Å². The number of imide groups is 1. The SMILES string of the molecule is CCN(C)S(=O)(=O)Nc1ccc(F)c(C(=O)c2cn(OC=O)c3ncc(-c4ccc(N5CCC(NCC(=O)N6CCC(c7cccc(OC8CCC(=O)NC8=O)c7)CC6)CC5)nc4)cc23)c1F. The van der Waals surface area contributed by atoms with Gasteiger partial charge in [0.05, 0.1) is 29.6 Å². The van der Waals surface area contributed by atoms with Crippen molar-refractivity contribution in [3.8, 4) is 16.9 Å². The number of carbonyl (C=O) groups excluding carboxylic acids is 5. The zero-order valence-electron chi connectivity index (χ0n) is 36.7. The van der Waals surface area contributed by atoms with Gasteiger partial charge in [-0.05, 0) is 79.6 Å². The lowest BCUT2D eigenvalue weighted by atomic mass is 9.89. The summed E-state index contributed by atoms with van der Waals surface area (Å²) in [5.41, 5.74) is 0.287. The topological polar surface area (TPSA) is 214 Å². The molecule has 2 aromatic carbocycles. The number of benzene rings is 2. The van der Waals surface area contributed by atoms with Crippen molar-refractivity contribution in [2.24, 2.45) is 0 Å². The number of halogens is 2. The highest BCUT2D eigenvalue weighted by Gasteiger charge is 2.31. The Balaban J connectivity index is 0.853. The number of aromatic nitrogens is 3. The fourth-order valence-electron chi connectivity index (χ4n) is 8.56. The zero-order valence-corrected chi connectivity index (χ0v) is 37.6. The third kappa shape index (κ3) is 10.3. The largest absolute Gasteiger partial charge is 0.481 e. The average molecular weight is 942 g/mol. The molecule has 0 aliphatic carbocycles. The number of hydrogen-bond acceptors (Lipinski definition) is 13. The van der Waals surface area contributed by atoms with Crippen molar-refractivity contribution in [2.45, 2.75) is 63.5 Å². The van der Waals surface area contributed by atoms with Crippen LogP contribution in [0, 0.1) is 11.6 Å². The summed E-state index contributed by atoms with van der Waals surface area (Å²) < 4.78 is 66.0. The molecule has 3 amide bonds. The number of pyridine rings is 2. The zero-order chi connectivity index (χ0) is 47.4. The second-order valence-electron chi connectivity index (χ2n) is 16.6. The summed E-state index contributed by atoms with van der Waals surface area (Å²) in [6.45, 7) is 4.63. The van der Waals surface area contributed by atoms with E-state index in [0.29, 0.717) is 49.5 Å². The Bertz CT molecular complexity index is 2810. The van der Waals surface area contributed by atoms with Gasteiger partial charge in [-0.15, -0.1) is 0 Å². The number of amides is 3. The number of piperidine rings is 3. The number of carbonyl (C=O) groups is 5. The first-order valence-corrected chi connectivity index (χ1v) is 23.4. The lowest BCUT2D eigenvalue weighted by Crippen LogP contribution is -2.48. The second-order valence-corrected chi connectivity index (χ2v) is 18.4. The van der Waals surface area contributed by atoms with E-state index in [-0.39, 0.29) is 66.4 Å². The number of likely N-dealkylation sites (tertiary alicyclic amines) is 1. The molecule has 3 aliphatic rings. The Kier molecular flexibility index (Phi) is 13.9. The monoisotopic (exact) mass is 941 g/mol. The molecule has 0 radical (unpaired) electrons. The van der Waals surface area contributed by atoms with Gasteiger partial charge in [-0.25, -0.2) is 18.7 Å². The van der Waals surface area contributed by atoms with Crippen LogP contribution in [-0.2, 0) is 29.4 Å². The van der Waals surface area contributed by atoms with Crippen molar-refractivity contribution in [2.75, 3.05) is 55.9 Å². The second kappa shape index (κ2) is 19.9. The van der Waals surface area contributed by atoms with Gasteiger partial charge in [-0.2, -0.15) is 17.5 Å². The standard InChI is InChI=1S/C46H49F2N9O9S/c1-3-54(2)67(63,64)53-37-9-8-36(47)42(43(37)48)44(61)35-26-57(65-27-58)45-34(35)22-31(24-51-45)30-7-11-39(50-23-30)55-19-15-32(16-20-55)49-25-41(60)56-17-13-28(14-18-56)29-5-4-6-33(21-29)66-38-10-12-40(59)52-46(38)62/h4-9,11,21-24,26-28,32,38,49,53H,3,10,12-20,25H2,1-2H3,(H,52,59,62). The Labute approximate surface area is 384 Å². The van der Waals surface area contributed by atoms with Crippen molar-refractivity contribution < 1.29 is 50.7 Å². The number of anilines is 2. The highest BCUT2D eigenvalue weighted by atomic mass is 32.2. The van der Waals surface area contributed by atoms with Crippen molar-refractivity contribution in [1.29, 1.82) is 0 Å². The Morgan fingerprint density at radius 3 is 2.42 bits per heavy atom. The molecular formula is C46H49F2N9O9S. The summed E-state index contributed by atoms with van der Waals surface area (Å²) in [5, 5.41) is 5.87. The highest BCUT2D eigenvalue weighted by molar-refractivity contribution is 7.90. The van der Waals surface area contributed by atoms with E-state index in [2.05, 4.69) is 25.5 Å². The minimum atomic E-state index is -4.22. The first-order valence-electron chi connectivity index (χ1n) is 21.9. The van der Waals surface area contributed by atoms with Gasteiger partial charge in [-0.1, -0.05) is 19.1 Å². The van der Waals surface area contributed by atoms with Crippen LogP contribution >= 0.6 is 0 Å². The molecular weight excluding hydrogens is 893 g/mol. The van der Waals surface area contributed by atoms with Crippen LogP contribution < -0.4 is 29.8 Å². The van der Waals surface area contributed by atoms with Crippen molar-refractivity contribution in [1.82, 2.24) is 34.5 Å². The first kappa shape index (κ1) is 46.7. The summed E-state index contributed by atoms with van der Waals surface area (Å²) >= 11 is 0. The molecule has 0 bridgehead atoms. The number of nitrogens with zero attached hydrogens (tertiary/aromatic N) is 6. The molecule has 1 atom stereocenters. The number of nitrogens with one attached hydrogen (secondary N) is 3. The predicted octanol–water partition coefficient (Wildman–Crippen LogP) is 3.95. The van der Waals surface area contributed by atoms with Crippen LogP contribution in [0.25, 0.3) is 22.2 Å². The molecule has 6 heterocycles. The molecule has 3 saturated heterocycles. The minimum Gasteiger partial charge on any atom is -0.481 e. The normalized spacial score (nSPS) is 17.4. The summed E-state index contributed by atoms with van der Waals surface area (Å²) in [6.07, 6.45) is 7.26. The average Bonchev–Trinajstić information content (AvgIpc) is 3.70. The summed E-state index contributed by atoms with van der Waals surface area (Å²) in [4.78, 5) is 80.2. The predicted molar refractivity (Wildman–Crippen MR) is 241 cm³/mol. The van der Waals surface area contributed by atoms with Crippen LogP contribution in [0.2, 0.25) is 0 Å². The number of rotatable bonds is 16. The Hall–Kier alpha value is -6.84. The lowest BCUT2D eigenvalue weighted by Gasteiger charge is -2.35. The fraction of sp³-hybridized carbons (Fsp3) is 0.370. The smallest absolute Gasteiger partial charge is 0.321 e. The number of ether oxygens (including phenoxy) is 1. The molecule has 8 rings (SSSR count). The van der Waals surface area contributed by atoms with Gasteiger partial charge in [0, 0.05) is 87.6 Å². The van der Waals surface area contributed by atoms with Crippen LogP contribution in [0.5, 0.6) is 5.75 Å². The van der Waals surface area contributed by atoms with Crippen LogP contribution in [-0.4, -0.2) is 121 Å². The summed E-state index contributed by atoms with van der Waals surface area (Å²) in [6, 6.07) is 14.7. The maximum absolute atomic E-state index is 15.8. The van der Waals surface area contributed by atoms with E-state index in [1.807, 2.05) is 40.0 Å². The van der Waals surface area contributed by atoms with E-state index < -0.39 is 50.9 Å². The molecule has 21 heteroatoms. The number of fused-ring (bicyclic) bond motifs is 1. The number of ketones is 1. The van der Waals surface area contributed by atoms with E-state index >= 15 is 8.78 Å². The van der Waals surface area contributed by atoms with E-state index in [4.69, 9.17) is 9.57 Å². The fourth-order valence-corrected chi connectivity index (χ4v) is 9.49. The van der Waals surface area contributed by atoms with Crippen LogP contribution in [0.15, 0.2) is 73.2 Å². The Morgan fingerprint density at radius 2 is 1.72 bits per heavy atom. The minimum absolute atomic E-state index is 0.00723. The van der Waals surface area contributed by atoms with Crippen molar-refractivity contribution >= 4 is 62.7 Å². The Morgan fingerprint density at radius 1 is 0.955 bits per heavy atom. The maximum atomic E-state index is 15.8. The van der Waals surface area contributed by atoms with Crippen LogP contribution in [0.1, 0.15) is 72.9 Å². The van der Waals surface area contributed by atoms with Gasteiger partial charge in [0.2, 0.25) is 17.6 Å². The molecule has 0 spiro atoms. The van der Waals surface area contributed by atoms with Crippen molar-refractivity contribution in [3.05, 3.63) is 102 Å². The van der Waals surface area contributed by atoms with Crippen molar-refractivity contribution in [3.63, 3.8) is 0 Å². The van der Waals surface area contributed by atoms with E-state index in [9.17, 15) is 32.4 Å². The van der Waals surface area contributed by atoms with E-state index in [1.54, 1.807) is 25.3 Å². The highest BCUT2D eigenvalue weighted by Crippen LogP contribution is 2.33. The molecule has 3 N–H and O–H groups in total. The van der Waals surface area contributed by atoms with Gasteiger partial charge in [0.25, 0.3) is 5.91 Å². The van der Waals surface area contributed by atoms with Gasteiger partial charge < -0.3 is 24.7 Å². The molecule has 0 saturated carbocycles. The molecule has 352 valence electrons. The maximum Gasteiger partial charge on any atom is 0.321 e. The van der Waals surface area contributed by atoms with Gasteiger partial charge in [0.15, 0.2) is 17.6 Å². The first-order chi connectivity index (χ1) is 32.2. The molecule has 18 nitrogen and oxygen atoms in total. The summed E-state index contributed by atoms with van der Waals surface area (Å²) in [5.74, 6) is -2.90. The third-order valence-corrected chi connectivity index (χ3v) is 14.1. The van der Waals surface area contributed by atoms with Gasteiger partial charge >= 0.3 is 16.7 Å². The third-order valence-electron chi connectivity index (χ3n) is 12.5. The molecule has 1 unspecified atom stereocenters. The number of hydrogen-bond donors (Lipinski definition) is 3. The summed E-state index contributed by atoms with van der Waals surface area (Å²) in [7, 11) is -2.95. The van der Waals surface area contributed by atoms with Crippen LogP contribution in [0.4, 0.5) is 20.3 Å². The molecule has 3 aromatic heterocycles.